The minimum Gasteiger partial charge on any atom is -0.463 e. The van der Waals surface area contributed by atoms with Gasteiger partial charge in [-0.1, -0.05) is 11.9 Å². The topological polar surface area (TPSA) is 64.8 Å². The average Bonchev–Trinajstić information content (AvgIpc) is 2.17. The highest BCUT2D eigenvalue weighted by Crippen LogP contribution is 2.05. The molecule has 0 aromatic rings. The van der Waals surface area contributed by atoms with Gasteiger partial charge >= 0.3 is 5.97 Å². The van der Waals surface area contributed by atoms with E-state index in [-0.39, 0.29) is 5.97 Å². The molecule has 0 radical (unpaired) electrons. The van der Waals surface area contributed by atoms with Gasteiger partial charge in [0.25, 0.3) is 0 Å². The predicted molar refractivity (Wildman–Crippen MR) is 61.6 cm³/mol. The maximum atomic E-state index is 11.1. The van der Waals surface area contributed by atoms with Crippen molar-refractivity contribution in [3.63, 3.8) is 0 Å². The molecule has 15 heavy (non-hydrogen) atoms. The molecule has 0 saturated heterocycles. The Bertz CT molecular complexity index is 167. The molecule has 0 aliphatic carbocycles. The van der Waals surface area contributed by atoms with Crippen LogP contribution in [0.2, 0.25) is 0 Å². The molecule has 2 N–H and O–H groups in total. The normalized spacial score (nSPS) is 10.7. The first-order chi connectivity index (χ1) is 7.16. The minimum absolute atomic E-state index is 0.180. The van der Waals surface area contributed by atoms with Gasteiger partial charge in [-0.05, 0) is 14.1 Å². The third-order valence-corrected chi connectivity index (χ3v) is 2.31. The van der Waals surface area contributed by atoms with Gasteiger partial charge in [-0.2, -0.15) is 0 Å². The first-order valence-electron chi connectivity index (χ1n) is 4.90. The maximum absolute atomic E-state index is 11.1. The summed E-state index contributed by atoms with van der Waals surface area (Å²) < 4.78 is 12.0. The van der Waals surface area contributed by atoms with Crippen LogP contribution in [0, 0.1) is 0 Å². The van der Waals surface area contributed by atoms with E-state index in [4.69, 9.17) is 15.2 Å². The molecule has 0 aromatic carbocycles. The lowest BCUT2D eigenvalue weighted by Crippen LogP contribution is -2.15. The van der Waals surface area contributed by atoms with Crippen LogP contribution in [0.1, 0.15) is 6.42 Å². The van der Waals surface area contributed by atoms with Gasteiger partial charge in [-0.25, -0.2) is 0 Å². The molecule has 0 heterocycles. The minimum atomic E-state index is -0.180. The summed E-state index contributed by atoms with van der Waals surface area (Å²) in [5.74, 6) is 0.566. The van der Waals surface area contributed by atoms with Crippen molar-refractivity contribution in [3.05, 3.63) is 0 Å². The summed E-state index contributed by atoms with van der Waals surface area (Å²) in [4.78, 5) is 11.1. The third-order valence-electron chi connectivity index (χ3n) is 1.41. The van der Waals surface area contributed by atoms with Crippen LogP contribution in [-0.4, -0.2) is 56.5 Å². The van der Waals surface area contributed by atoms with E-state index < -0.39 is 0 Å². The second-order valence-corrected chi connectivity index (χ2v) is 4.41. The molecule has 90 valence electrons. The van der Waals surface area contributed by atoms with E-state index in [0.717, 1.165) is 5.75 Å². The van der Waals surface area contributed by atoms with Gasteiger partial charge in [0.1, 0.15) is 6.61 Å². The number of rotatable bonds is 9. The zero-order valence-electron chi connectivity index (χ0n) is 9.40. The summed E-state index contributed by atoms with van der Waals surface area (Å²) in [6, 6.07) is 0. The van der Waals surface area contributed by atoms with Gasteiger partial charge in [-0.15, -0.1) is 0 Å². The largest absolute Gasteiger partial charge is 0.463 e. The lowest BCUT2D eigenvalue weighted by molar-refractivity contribution is -0.144. The summed E-state index contributed by atoms with van der Waals surface area (Å²) >= 11 is 1.59. The van der Waals surface area contributed by atoms with Gasteiger partial charge in [0.05, 0.1) is 19.6 Å². The monoisotopic (exact) mass is 236 g/mol. The zero-order valence-corrected chi connectivity index (χ0v) is 10.2. The summed E-state index contributed by atoms with van der Waals surface area (Å²) in [6.07, 6.45) is 0.430. The summed E-state index contributed by atoms with van der Waals surface area (Å²) in [7, 11) is 3.88. The van der Waals surface area contributed by atoms with Gasteiger partial charge in [-0.3, -0.25) is 9.10 Å². The number of hydrogen-bond donors (Lipinski definition) is 1. The Hall–Kier alpha value is -0.300. The van der Waals surface area contributed by atoms with E-state index in [9.17, 15) is 4.79 Å². The lowest BCUT2D eigenvalue weighted by Gasteiger charge is -2.08. The third kappa shape index (κ3) is 11.6. The van der Waals surface area contributed by atoms with Crippen molar-refractivity contribution in [2.45, 2.75) is 6.42 Å². The Kier molecular flexibility index (Phi) is 10.0. The Morgan fingerprint density at radius 3 is 2.67 bits per heavy atom. The van der Waals surface area contributed by atoms with E-state index in [1.54, 1.807) is 11.9 Å². The maximum Gasteiger partial charge on any atom is 0.306 e. The van der Waals surface area contributed by atoms with Crippen molar-refractivity contribution < 1.29 is 14.3 Å². The molecule has 0 unspecified atom stereocenters. The molecule has 0 bridgehead atoms. The van der Waals surface area contributed by atoms with Crippen LogP contribution in [0.25, 0.3) is 0 Å². The summed E-state index contributed by atoms with van der Waals surface area (Å²) in [6.45, 7) is 1.73. The molecule has 0 aromatic heterocycles. The molecule has 0 saturated carbocycles. The van der Waals surface area contributed by atoms with Crippen molar-refractivity contribution >= 4 is 17.9 Å². The zero-order chi connectivity index (χ0) is 11.5. The lowest BCUT2D eigenvalue weighted by atomic mass is 10.5. The smallest absolute Gasteiger partial charge is 0.306 e. The van der Waals surface area contributed by atoms with Crippen molar-refractivity contribution in [1.29, 1.82) is 0 Å². The first kappa shape index (κ1) is 14.7. The first-order valence-corrected chi connectivity index (χ1v) is 5.84. The molecular formula is C9H20N2O3S. The molecule has 0 fully saturated rings. The Balaban J connectivity index is 3.19. The molecule has 0 amide bonds. The van der Waals surface area contributed by atoms with Gasteiger partial charge < -0.3 is 15.2 Å². The SMILES string of the molecule is CN(C)SCCC(=O)OCCOCCN. The van der Waals surface area contributed by atoms with Crippen molar-refractivity contribution in [2.75, 3.05) is 46.2 Å². The highest BCUT2D eigenvalue weighted by molar-refractivity contribution is 7.96. The number of nitrogens with zero attached hydrogens (tertiary/aromatic N) is 1. The highest BCUT2D eigenvalue weighted by atomic mass is 32.2. The summed E-state index contributed by atoms with van der Waals surface area (Å²) in [5.41, 5.74) is 5.22. The second-order valence-electron chi connectivity index (χ2n) is 3.02. The Morgan fingerprint density at radius 1 is 1.33 bits per heavy atom. The molecular weight excluding hydrogens is 216 g/mol. The van der Waals surface area contributed by atoms with Crippen LogP contribution in [0.3, 0.4) is 0 Å². The molecule has 5 nitrogen and oxygen atoms in total. The predicted octanol–water partition coefficient (Wildman–Crippen LogP) is 0.105. The van der Waals surface area contributed by atoms with Crippen LogP contribution in [0.5, 0.6) is 0 Å². The van der Waals surface area contributed by atoms with Gasteiger partial charge in [0.15, 0.2) is 0 Å². The van der Waals surface area contributed by atoms with E-state index in [1.165, 1.54) is 0 Å². The summed E-state index contributed by atoms with van der Waals surface area (Å²) in [5, 5.41) is 0. The van der Waals surface area contributed by atoms with Crippen LogP contribution < -0.4 is 5.73 Å². The number of carbonyl (C=O) groups is 1. The number of esters is 1. The highest BCUT2D eigenvalue weighted by Gasteiger charge is 2.02. The van der Waals surface area contributed by atoms with Gasteiger partial charge in [0, 0.05) is 12.3 Å². The Morgan fingerprint density at radius 2 is 2.07 bits per heavy atom. The fraction of sp³-hybridized carbons (Fsp3) is 0.889. The van der Waals surface area contributed by atoms with E-state index >= 15 is 0 Å². The van der Waals surface area contributed by atoms with E-state index in [1.807, 2.05) is 18.4 Å². The molecule has 6 heteroatoms. The van der Waals surface area contributed by atoms with Crippen LogP contribution in [0.15, 0.2) is 0 Å². The van der Waals surface area contributed by atoms with Crippen molar-refractivity contribution in [2.24, 2.45) is 5.73 Å². The number of hydrogen-bond acceptors (Lipinski definition) is 6. The second kappa shape index (κ2) is 10.2. The molecule has 0 atom stereocenters. The molecule has 0 aliphatic rings. The van der Waals surface area contributed by atoms with Gasteiger partial charge in [0.2, 0.25) is 0 Å². The molecule has 0 spiro atoms. The fourth-order valence-corrected chi connectivity index (χ4v) is 1.41. The van der Waals surface area contributed by atoms with Crippen LogP contribution >= 0.6 is 11.9 Å². The number of carbonyl (C=O) groups excluding carboxylic acids is 1. The van der Waals surface area contributed by atoms with Crippen LogP contribution in [0.4, 0.5) is 0 Å². The fourth-order valence-electron chi connectivity index (χ4n) is 0.784. The van der Waals surface area contributed by atoms with Crippen molar-refractivity contribution in [3.8, 4) is 0 Å². The Labute approximate surface area is 95.4 Å². The number of nitrogens with two attached hydrogens (primary N) is 1. The quantitative estimate of drug-likeness (QED) is 0.348. The molecule has 0 rings (SSSR count). The van der Waals surface area contributed by atoms with Crippen molar-refractivity contribution in [1.82, 2.24) is 4.31 Å². The standard InChI is InChI=1S/C9H20N2O3S/c1-11(2)15-8-3-9(12)14-7-6-13-5-4-10/h3-8,10H2,1-2H3. The molecule has 0 aliphatic heterocycles. The van der Waals surface area contributed by atoms with Crippen LogP contribution in [-0.2, 0) is 14.3 Å². The number of ether oxygens (including phenoxy) is 2. The average molecular weight is 236 g/mol. The van der Waals surface area contributed by atoms with E-state index in [0.29, 0.717) is 32.8 Å². The van der Waals surface area contributed by atoms with E-state index in [2.05, 4.69) is 0 Å².